The number of likely N-dealkylation sites (tertiary alicyclic amines) is 1. The molecule has 7 heteroatoms. The van der Waals surface area contributed by atoms with Gasteiger partial charge in [-0.05, 0) is 18.6 Å². The van der Waals surface area contributed by atoms with Gasteiger partial charge in [0.05, 0.1) is 11.1 Å². The lowest BCUT2D eigenvalue weighted by Crippen LogP contribution is -2.60. The monoisotopic (exact) mass is 345 g/mol. The van der Waals surface area contributed by atoms with Gasteiger partial charge in [-0.3, -0.25) is 14.6 Å². The maximum Gasteiger partial charge on any atom is 0.280 e. The van der Waals surface area contributed by atoms with E-state index in [1.54, 1.807) is 24.8 Å². The smallest absolute Gasteiger partial charge is 0.280 e. The van der Waals surface area contributed by atoms with Crippen LogP contribution >= 0.6 is 0 Å². The molecule has 0 atom stereocenters. The molecule has 1 amide bonds. The van der Waals surface area contributed by atoms with Crippen molar-refractivity contribution in [2.24, 2.45) is 10.8 Å². The third-order valence-corrected chi connectivity index (χ3v) is 4.78. The van der Waals surface area contributed by atoms with E-state index in [0.29, 0.717) is 19.5 Å². The molecule has 2 heterocycles. The molecular weight excluding hydrogens is 328 g/mol. The molecule has 1 saturated heterocycles. The molecule has 5 nitrogen and oxygen atoms in total. The van der Waals surface area contributed by atoms with Gasteiger partial charge in [0.15, 0.2) is 5.78 Å². The second kappa shape index (κ2) is 5.73. The van der Waals surface area contributed by atoms with Gasteiger partial charge in [0.2, 0.25) is 0 Å². The van der Waals surface area contributed by atoms with Crippen LogP contribution in [-0.2, 0) is 4.79 Å². The van der Waals surface area contributed by atoms with E-state index in [4.69, 9.17) is 0 Å². The number of carbonyl (C=O) groups is 2. The van der Waals surface area contributed by atoms with Gasteiger partial charge in [0.25, 0.3) is 12.3 Å². The Kier molecular flexibility index (Phi) is 3.94. The molecular formula is C18H17F2N3O2. The average Bonchev–Trinajstić information content (AvgIpc) is 2.54. The van der Waals surface area contributed by atoms with E-state index in [1.165, 1.54) is 6.07 Å². The van der Waals surface area contributed by atoms with E-state index in [2.05, 4.69) is 4.98 Å². The SMILES string of the molecule is CC1(C)CC2(C=C(C#N)C1=O)CN(C(=O)c1ccc(C(F)F)nc1)C2. The van der Waals surface area contributed by atoms with Crippen molar-refractivity contribution >= 4 is 11.7 Å². The molecule has 130 valence electrons. The number of rotatable bonds is 2. The van der Waals surface area contributed by atoms with Crippen LogP contribution in [-0.4, -0.2) is 34.7 Å². The second-order valence-corrected chi connectivity index (χ2v) is 7.36. The first-order valence-electron chi connectivity index (χ1n) is 7.89. The highest BCUT2D eigenvalue weighted by Gasteiger charge is 2.52. The Morgan fingerprint density at radius 1 is 1.36 bits per heavy atom. The molecule has 1 aromatic heterocycles. The van der Waals surface area contributed by atoms with Gasteiger partial charge >= 0.3 is 0 Å². The Labute approximate surface area is 144 Å². The molecule has 0 unspecified atom stereocenters. The number of Topliss-reactive ketones (excluding diaryl/α,β-unsaturated/α-hetero) is 1. The number of nitrogens with zero attached hydrogens (tertiary/aromatic N) is 3. The second-order valence-electron chi connectivity index (χ2n) is 7.36. The topological polar surface area (TPSA) is 74.1 Å². The maximum atomic E-state index is 12.5. The van der Waals surface area contributed by atoms with Gasteiger partial charge in [0.1, 0.15) is 11.8 Å². The molecule has 25 heavy (non-hydrogen) atoms. The normalized spacial score (nSPS) is 20.9. The molecule has 0 saturated carbocycles. The van der Waals surface area contributed by atoms with Crippen molar-refractivity contribution in [3.05, 3.63) is 41.2 Å². The van der Waals surface area contributed by atoms with Crippen LogP contribution < -0.4 is 0 Å². The molecule has 0 aromatic carbocycles. The van der Waals surface area contributed by atoms with Crippen molar-refractivity contribution in [3.8, 4) is 6.07 Å². The summed E-state index contributed by atoms with van der Waals surface area (Å²) >= 11 is 0. The molecule has 2 aliphatic rings. The van der Waals surface area contributed by atoms with E-state index in [1.807, 2.05) is 6.07 Å². The van der Waals surface area contributed by atoms with Gasteiger partial charge in [-0.2, -0.15) is 5.26 Å². The highest BCUT2D eigenvalue weighted by Crippen LogP contribution is 2.48. The lowest BCUT2D eigenvalue weighted by atomic mass is 9.61. The zero-order chi connectivity index (χ0) is 18.4. The van der Waals surface area contributed by atoms with Gasteiger partial charge in [-0.1, -0.05) is 19.9 Å². The number of carbonyl (C=O) groups excluding carboxylic acids is 2. The minimum Gasteiger partial charge on any atom is -0.337 e. The third kappa shape index (κ3) is 2.93. The van der Waals surface area contributed by atoms with Crippen molar-refractivity contribution < 1.29 is 18.4 Å². The predicted octanol–water partition coefficient (Wildman–Crippen LogP) is 2.91. The van der Waals surface area contributed by atoms with Crippen molar-refractivity contribution in [2.75, 3.05) is 13.1 Å². The molecule has 1 aliphatic carbocycles. The summed E-state index contributed by atoms with van der Waals surface area (Å²) in [6.45, 7) is 4.40. The fourth-order valence-electron chi connectivity index (χ4n) is 3.73. The van der Waals surface area contributed by atoms with Crippen LogP contribution in [0.3, 0.4) is 0 Å². The van der Waals surface area contributed by atoms with Gasteiger partial charge in [-0.15, -0.1) is 0 Å². The first kappa shape index (κ1) is 17.2. The maximum absolute atomic E-state index is 12.5. The molecule has 1 fully saturated rings. The fourth-order valence-corrected chi connectivity index (χ4v) is 3.73. The van der Waals surface area contributed by atoms with Crippen LogP contribution in [0.15, 0.2) is 30.0 Å². The van der Waals surface area contributed by atoms with Crippen molar-refractivity contribution in [1.29, 1.82) is 5.26 Å². The number of halogens is 2. The Morgan fingerprint density at radius 3 is 2.56 bits per heavy atom. The standard InChI is InChI=1S/C18H17F2N3O2/c1-17(2)8-18(5-12(6-21)14(17)24)9-23(10-18)16(25)11-3-4-13(15(19)20)22-7-11/h3-5,7,15H,8-10H2,1-2H3. The Balaban J connectivity index is 1.75. The fraction of sp³-hybridized carbons (Fsp3) is 0.444. The lowest BCUT2D eigenvalue weighted by Gasteiger charge is -2.53. The summed E-state index contributed by atoms with van der Waals surface area (Å²) < 4.78 is 25.1. The molecule has 1 aliphatic heterocycles. The summed E-state index contributed by atoms with van der Waals surface area (Å²) in [5, 5.41) is 9.18. The zero-order valence-corrected chi connectivity index (χ0v) is 13.9. The van der Waals surface area contributed by atoms with E-state index in [0.717, 1.165) is 12.3 Å². The van der Waals surface area contributed by atoms with E-state index in [9.17, 15) is 23.6 Å². The molecule has 0 radical (unpaired) electrons. The molecule has 3 rings (SSSR count). The Morgan fingerprint density at radius 2 is 2.04 bits per heavy atom. The summed E-state index contributed by atoms with van der Waals surface area (Å²) in [5.41, 5.74) is -1.00. The number of hydrogen-bond donors (Lipinski definition) is 0. The summed E-state index contributed by atoms with van der Waals surface area (Å²) in [6, 6.07) is 4.43. The van der Waals surface area contributed by atoms with Crippen LogP contribution in [0.5, 0.6) is 0 Å². The van der Waals surface area contributed by atoms with Crippen LogP contribution in [0.4, 0.5) is 8.78 Å². The number of amides is 1. The van der Waals surface area contributed by atoms with Crippen LogP contribution in [0.2, 0.25) is 0 Å². The number of aromatic nitrogens is 1. The summed E-state index contributed by atoms with van der Waals surface area (Å²) in [6.07, 6.45) is 0.728. The zero-order valence-electron chi connectivity index (χ0n) is 13.9. The van der Waals surface area contributed by atoms with Crippen LogP contribution in [0, 0.1) is 22.2 Å². The van der Waals surface area contributed by atoms with Crippen LogP contribution in [0.1, 0.15) is 42.7 Å². The largest absolute Gasteiger partial charge is 0.337 e. The van der Waals surface area contributed by atoms with Gasteiger partial charge < -0.3 is 4.90 Å². The molecule has 1 aromatic rings. The van der Waals surface area contributed by atoms with Crippen molar-refractivity contribution in [3.63, 3.8) is 0 Å². The number of pyridine rings is 1. The first-order chi connectivity index (χ1) is 11.7. The average molecular weight is 345 g/mol. The van der Waals surface area contributed by atoms with Crippen molar-refractivity contribution in [1.82, 2.24) is 9.88 Å². The lowest BCUT2D eigenvalue weighted by molar-refractivity contribution is -0.127. The van der Waals surface area contributed by atoms with Crippen molar-refractivity contribution in [2.45, 2.75) is 26.7 Å². The number of alkyl halides is 2. The molecule has 0 N–H and O–H groups in total. The molecule has 0 bridgehead atoms. The number of hydrogen-bond acceptors (Lipinski definition) is 4. The highest BCUT2D eigenvalue weighted by molar-refractivity contribution is 6.04. The van der Waals surface area contributed by atoms with Gasteiger partial charge in [0, 0.05) is 30.1 Å². The Hall–Kier alpha value is -2.62. The summed E-state index contributed by atoms with van der Waals surface area (Å²) in [5.74, 6) is -0.460. The number of ketones is 1. The minimum atomic E-state index is -2.67. The number of allylic oxidation sites excluding steroid dienone is 1. The first-order valence-corrected chi connectivity index (χ1v) is 7.89. The minimum absolute atomic E-state index is 0.145. The number of nitriles is 1. The highest BCUT2D eigenvalue weighted by atomic mass is 19.3. The van der Waals surface area contributed by atoms with E-state index >= 15 is 0 Å². The van der Waals surface area contributed by atoms with E-state index in [-0.39, 0.29) is 33.9 Å². The summed E-state index contributed by atoms with van der Waals surface area (Å²) in [4.78, 5) is 29.8. The quantitative estimate of drug-likeness (QED) is 0.826. The van der Waals surface area contributed by atoms with Gasteiger partial charge in [-0.25, -0.2) is 8.78 Å². The Bertz CT molecular complexity index is 801. The third-order valence-electron chi connectivity index (χ3n) is 4.78. The van der Waals surface area contributed by atoms with Crippen LogP contribution in [0.25, 0.3) is 0 Å². The van der Waals surface area contributed by atoms with E-state index < -0.39 is 11.8 Å². The predicted molar refractivity (Wildman–Crippen MR) is 84.6 cm³/mol. The summed E-state index contributed by atoms with van der Waals surface area (Å²) in [7, 11) is 0. The molecule has 1 spiro atoms.